The topological polar surface area (TPSA) is 90.2 Å². The van der Waals surface area contributed by atoms with Crippen molar-refractivity contribution in [3.63, 3.8) is 0 Å². The third-order valence-electron chi connectivity index (χ3n) is 2.76. The van der Waals surface area contributed by atoms with Crippen molar-refractivity contribution in [2.45, 2.75) is 6.92 Å². The van der Waals surface area contributed by atoms with Gasteiger partial charge in [0.1, 0.15) is 0 Å². The number of hydrogen-bond acceptors (Lipinski definition) is 4. The second-order valence-electron chi connectivity index (χ2n) is 3.99. The molecule has 0 unspecified atom stereocenters. The van der Waals surface area contributed by atoms with E-state index >= 15 is 0 Å². The van der Waals surface area contributed by atoms with Crippen molar-refractivity contribution in [2.75, 3.05) is 6.79 Å². The lowest BCUT2D eigenvalue weighted by Gasteiger charge is -2.00. The van der Waals surface area contributed by atoms with Crippen LogP contribution in [-0.4, -0.2) is 22.7 Å². The van der Waals surface area contributed by atoms with Crippen molar-refractivity contribution in [3.8, 4) is 22.8 Å². The number of aromatic amines is 1. The Morgan fingerprint density at radius 3 is 2.89 bits per heavy atom. The van der Waals surface area contributed by atoms with Gasteiger partial charge in [-0.25, -0.2) is 4.98 Å². The van der Waals surface area contributed by atoms with Gasteiger partial charge in [-0.3, -0.25) is 4.79 Å². The van der Waals surface area contributed by atoms with Gasteiger partial charge in [0.15, 0.2) is 17.3 Å². The van der Waals surface area contributed by atoms with Crippen LogP contribution in [0.5, 0.6) is 11.5 Å². The zero-order valence-corrected chi connectivity index (χ0v) is 9.69. The van der Waals surface area contributed by atoms with Gasteiger partial charge in [0.25, 0.3) is 5.91 Å². The zero-order chi connectivity index (χ0) is 12.7. The number of carbonyl (C=O) groups excluding carboxylic acids is 1. The first-order valence-electron chi connectivity index (χ1n) is 5.41. The van der Waals surface area contributed by atoms with E-state index in [0.717, 1.165) is 11.3 Å². The standard InChI is InChI=1S/C12H11N3O3/c1-6-10(15-12(14-6)11(13)16)7-2-3-8-9(4-7)18-5-17-8/h2-4H,5H2,1H3,(H2,13,16)(H,14,15). The summed E-state index contributed by atoms with van der Waals surface area (Å²) in [6.07, 6.45) is 0. The summed E-state index contributed by atoms with van der Waals surface area (Å²) in [5, 5.41) is 0. The molecule has 1 aromatic carbocycles. The molecule has 92 valence electrons. The van der Waals surface area contributed by atoms with Crippen LogP contribution >= 0.6 is 0 Å². The quantitative estimate of drug-likeness (QED) is 0.832. The zero-order valence-electron chi connectivity index (χ0n) is 9.69. The summed E-state index contributed by atoms with van der Waals surface area (Å²) < 4.78 is 10.5. The summed E-state index contributed by atoms with van der Waals surface area (Å²) in [5.41, 5.74) is 7.50. The highest BCUT2D eigenvalue weighted by molar-refractivity contribution is 5.90. The number of nitrogens with zero attached hydrogens (tertiary/aromatic N) is 1. The van der Waals surface area contributed by atoms with Crippen LogP contribution in [-0.2, 0) is 0 Å². The molecule has 3 rings (SSSR count). The fourth-order valence-electron chi connectivity index (χ4n) is 1.90. The lowest BCUT2D eigenvalue weighted by molar-refractivity contribution is 0.0991. The molecule has 2 aromatic rings. The Kier molecular flexibility index (Phi) is 2.22. The molecular formula is C12H11N3O3. The highest BCUT2D eigenvalue weighted by Crippen LogP contribution is 2.36. The van der Waals surface area contributed by atoms with E-state index in [2.05, 4.69) is 9.97 Å². The number of amides is 1. The summed E-state index contributed by atoms with van der Waals surface area (Å²) in [5.74, 6) is 0.961. The number of benzene rings is 1. The number of nitrogens with one attached hydrogen (secondary N) is 1. The number of carbonyl (C=O) groups is 1. The van der Waals surface area contributed by atoms with Crippen LogP contribution in [0.15, 0.2) is 18.2 Å². The molecule has 1 aliphatic heterocycles. The summed E-state index contributed by atoms with van der Waals surface area (Å²) in [4.78, 5) is 18.1. The van der Waals surface area contributed by atoms with Crippen LogP contribution in [0.4, 0.5) is 0 Å². The van der Waals surface area contributed by atoms with Crippen molar-refractivity contribution in [3.05, 3.63) is 29.7 Å². The van der Waals surface area contributed by atoms with Gasteiger partial charge >= 0.3 is 0 Å². The van der Waals surface area contributed by atoms with Crippen molar-refractivity contribution in [1.29, 1.82) is 0 Å². The van der Waals surface area contributed by atoms with E-state index in [1.807, 2.05) is 25.1 Å². The van der Waals surface area contributed by atoms with Crippen LogP contribution in [0.1, 0.15) is 16.3 Å². The minimum Gasteiger partial charge on any atom is -0.454 e. The molecule has 6 nitrogen and oxygen atoms in total. The maximum atomic E-state index is 11.1. The van der Waals surface area contributed by atoms with Crippen molar-refractivity contribution in [2.24, 2.45) is 5.73 Å². The number of aromatic nitrogens is 2. The molecule has 0 atom stereocenters. The fourth-order valence-corrected chi connectivity index (χ4v) is 1.90. The molecule has 0 saturated heterocycles. The minimum atomic E-state index is -0.579. The molecule has 0 aliphatic carbocycles. The van der Waals surface area contributed by atoms with Crippen LogP contribution in [0, 0.1) is 6.92 Å². The van der Waals surface area contributed by atoms with Crippen LogP contribution in [0.3, 0.4) is 0 Å². The van der Waals surface area contributed by atoms with Gasteiger partial charge in [0.05, 0.1) is 5.69 Å². The number of hydrogen-bond donors (Lipinski definition) is 2. The average Bonchev–Trinajstić information content (AvgIpc) is 2.93. The van der Waals surface area contributed by atoms with Crippen LogP contribution < -0.4 is 15.2 Å². The summed E-state index contributed by atoms with van der Waals surface area (Å²) in [6, 6.07) is 5.51. The first kappa shape index (κ1) is 10.6. The molecule has 3 N–H and O–H groups in total. The highest BCUT2D eigenvalue weighted by Gasteiger charge is 2.17. The molecule has 0 bridgehead atoms. The fraction of sp³-hybridized carbons (Fsp3) is 0.167. The predicted octanol–water partition coefficient (Wildman–Crippen LogP) is 1.21. The second-order valence-corrected chi connectivity index (χ2v) is 3.99. The number of imidazole rings is 1. The molecule has 0 radical (unpaired) electrons. The molecule has 0 spiro atoms. The van der Waals surface area contributed by atoms with Gasteiger partial charge in [0, 0.05) is 11.3 Å². The Labute approximate surface area is 103 Å². The summed E-state index contributed by atoms with van der Waals surface area (Å²) in [7, 11) is 0. The molecule has 1 aromatic heterocycles. The molecule has 18 heavy (non-hydrogen) atoms. The van der Waals surface area contributed by atoms with E-state index in [1.165, 1.54) is 0 Å². The second kappa shape index (κ2) is 3.76. The first-order valence-corrected chi connectivity index (χ1v) is 5.41. The Bertz CT molecular complexity index is 633. The monoisotopic (exact) mass is 245 g/mol. The SMILES string of the molecule is Cc1[nH]c(C(N)=O)nc1-c1ccc2c(c1)OCO2. The van der Waals surface area contributed by atoms with Crippen LogP contribution in [0.25, 0.3) is 11.3 Å². The summed E-state index contributed by atoms with van der Waals surface area (Å²) in [6.45, 7) is 2.06. The Hall–Kier alpha value is -2.50. The van der Waals surface area contributed by atoms with E-state index in [4.69, 9.17) is 15.2 Å². The highest BCUT2D eigenvalue weighted by atomic mass is 16.7. The molecule has 6 heteroatoms. The Morgan fingerprint density at radius 2 is 2.17 bits per heavy atom. The number of nitrogens with two attached hydrogens (primary N) is 1. The van der Waals surface area contributed by atoms with E-state index < -0.39 is 5.91 Å². The lowest BCUT2D eigenvalue weighted by Crippen LogP contribution is -2.12. The molecule has 1 aliphatic rings. The number of primary amides is 1. The largest absolute Gasteiger partial charge is 0.454 e. The van der Waals surface area contributed by atoms with Gasteiger partial charge < -0.3 is 20.2 Å². The van der Waals surface area contributed by atoms with E-state index in [9.17, 15) is 4.79 Å². The smallest absolute Gasteiger partial charge is 0.284 e. The number of ether oxygens (including phenoxy) is 2. The third kappa shape index (κ3) is 1.58. The Balaban J connectivity index is 2.07. The van der Waals surface area contributed by atoms with Crippen molar-refractivity contribution < 1.29 is 14.3 Å². The van der Waals surface area contributed by atoms with Gasteiger partial charge in [0.2, 0.25) is 6.79 Å². The van der Waals surface area contributed by atoms with E-state index in [1.54, 1.807) is 0 Å². The molecule has 0 fully saturated rings. The average molecular weight is 245 g/mol. The Morgan fingerprint density at radius 1 is 1.39 bits per heavy atom. The number of fused-ring (bicyclic) bond motifs is 1. The number of aryl methyl sites for hydroxylation is 1. The maximum absolute atomic E-state index is 11.1. The van der Waals surface area contributed by atoms with Gasteiger partial charge in [-0.15, -0.1) is 0 Å². The third-order valence-corrected chi connectivity index (χ3v) is 2.76. The summed E-state index contributed by atoms with van der Waals surface area (Å²) >= 11 is 0. The van der Waals surface area contributed by atoms with Crippen LogP contribution in [0.2, 0.25) is 0 Å². The molecule has 0 saturated carbocycles. The predicted molar refractivity (Wildman–Crippen MR) is 63.4 cm³/mol. The van der Waals surface area contributed by atoms with E-state index in [0.29, 0.717) is 17.2 Å². The number of rotatable bonds is 2. The van der Waals surface area contributed by atoms with Gasteiger partial charge in [-0.1, -0.05) is 0 Å². The number of H-pyrrole nitrogens is 1. The van der Waals surface area contributed by atoms with Gasteiger partial charge in [-0.2, -0.15) is 0 Å². The van der Waals surface area contributed by atoms with Crippen molar-refractivity contribution in [1.82, 2.24) is 9.97 Å². The van der Waals surface area contributed by atoms with E-state index in [-0.39, 0.29) is 12.6 Å². The lowest BCUT2D eigenvalue weighted by atomic mass is 10.1. The van der Waals surface area contributed by atoms with Crippen molar-refractivity contribution >= 4 is 5.91 Å². The van der Waals surface area contributed by atoms with Gasteiger partial charge in [-0.05, 0) is 25.1 Å². The first-order chi connectivity index (χ1) is 8.65. The molecule has 2 heterocycles. The normalized spacial score (nSPS) is 12.7. The maximum Gasteiger partial charge on any atom is 0.284 e. The molecule has 1 amide bonds. The minimum absolute atomic E-state index is 0.153. The molecular weight excluding hydrogens is 234 g/mol.